The van der Waals surface area contributed by atoms with Crippen molar-refractivity contribution in [1.82, 2.24) is 5.32 Å². The lowest BCUT2D eigenvalue weighted by atomic mass is 10.1. The van der Waals surface area contributed by atoms with Gasteiger partial charge in [0.25, 0.3) is 11.8 Å². The number of benzene rings is 2. The van der Waals surface area contributed by atoms with Gasteiger partial charge in [-0.25, -0.2) is 8.42 Å². The topological polar surface area (TPSA) is 104 Å². The Hall–Kier alpha value is -2.58. The smallest absolute Gasteiger partial charge is 0.257 e. The fraction of sp³-hybridized carbons (Fsp3) is 0.222. The molecule has 0 unspecified atom stereocenters. The van der Waals surface area contributed by atoms with Gasteiger partial charge in [-0.15, -0.1) is 0 Å². The SMILES string of the molecule is CC(C)NC(=O)c1ccccc1NC(=O)c1cc(NS(C)(=O)=O)ccc1Cl. The highest BCUT2D eigenvalue weighted by Gasteiger charge is 2.17. The van der Waals surface area contributed by atoms with Gasteiger partial charge in [-0.3, -0.25) is 14.3 Å². The van der Waals surface area contributed by atoms with E-state index >= 15 is 0 Å². The highest BCUT2D eigenvalue weighted by Crippen LogP contribution is 2.23. The van der Waals surface area contributed by atoms with Gasteiger partial charge in [0.1, 0.15) is 0 Å². The molecular formula is C18H20ClN3O4S. The van der Waals surface area contributed by atoms with Crippen LogP contribution in [-0.2, 0) is 10.0 Å². The Kier molecular flexibility index (Phi) is 6.45. The maximum atomic E-state index is 12.6. The lowest BCUT2D eigenvalue weighted by Gasteiger charge is -2.14. The van der Waals surface area contributed by atoms with E-state index in [2.05, 4.69) is 15.4 Å². The molecule has 27 heavy (non-hydrogen) atoms. The summed E-state index contributed by atoms with van der Waals surface area (Å²) >= 11 is 6.08. The summed E-state index contributed by atoms with van der Waals surface area (Å²) in [6.07, 6.45) is 1.00. The fourth-order valence-electron chi connectivity index (χ4n) is 2.30. The third-order valence-corrected chi connectivity index (χ3v) is 4.29. The molecule has 7 nitrogen and oxygen atoms in total. The largest absolute Gasteiger partial charge is 0.350 e. The average Bonchev–Trinajstić information content (AvgIpc) is 2.55. The summed E-state index contributed by atoms with van der Waals surface area (Å²) < 4.78 is 25.0. The number of nitrogens with one attached hydrogen (secondary N) is 3. The summed E-state index contributed by atoms with van der Waals surface area (Å²) in [4.78, 5) is 25.0. The number of hydrogen-bond acceptors (Lipinski definition) is 4. The Bertz CT molecular complexity index is 974. The molecule has 144 valence electrons. The molecule has 0 atom stereocenters. The molecule has 2 rings (SSSR count). The highest BCUT2D eigenvalue weighted by molar-refractivity contribution is 7.92. The van der Waals surface area contributed by atoms with E-state index in [0.29, 0.717) is 11.3 Å². The number of carbonyl (C=O) groups is 2. The Morgan fingerprint density at radius 2 is 1.67 bits per heavy atom. The molecule has 0 heterocycles. The highest BCUT2D eigenvalue weighted by atomic mass is 35.5. The number of anilines is 2. The molecule has 0 aliphatic heterocycles. The number of para-hydroxylation sites is 1. The van der Waals surface area contributed by atoms with Crippen molar-refractivity contribution >= 4 is 44.8 Å². The molecule has 3 N–H and O–H groups in total. The number of halogens is 1. The first-order valence-electron chi connectivity index (χ1n) is 8.05. The fourth-order valence-corrected chi connectivity index (χ4v) is 3.06. The number of carbonyl (C=O) groups excluding carboxylic acids is 2. The number of sulfonamides is 1. The average molecular weight is 410 g/mol. The van der Waals surface area contributed by atoms with Crippen molar-refractivity contribution in [2.45, 2.75) is 19.9 Å². The zero-order chi connectivity index (χ0) is 20.2. The van der Waals surface area contributed by atoms with Crippen LogP contribution < -0.4 is 15.4 Å². The van der Waals surface area contributed by atoms with Crippen molar-refractivity contribution in [3.8, 4) is 0 Å². The van der Waals surface area contributed by atoms with Crippen LogP contribution in [0.25, 0.3) is 0 Å². The Balaban J connectivity index is 2.31. The Morgan fingerprint density at radius 1 is 1.00 bits per heavy atom. The standard InChI is InChI=1S/C18H20ClN3O4S/c1-11(2)20-17(23)13-6-4-5-7-16(13)21-18(24)14-10-12(8-9-15(14)19)22-27(3,25)26/h4-11,22H,1-3H3,(H,20,23)(H,21,24). The quantitative estimate of drug-likeness (QED) is 0.681. The molecule has 0 spiro atoms. The second-order valence-electron chi connectivity index (χ2n) is 6.20. The van der Waals surface area contributed by atoms with Crippen LogP contribution in [0.4, 0.5) is 11.4 Å². The number of rotatable bonds is 6. The van der Waals surface area contributed by atoms with Gasteiger partial charge < -0.3 is 10.6 Å². The van der Waals surface area contributed by atoms with Gasteiger partial charge in [0.2, 0.25) is 10.0 Å². The summed E-state index contributed by atoms with van der Waals surface area (Å²) in [6.45, 7) is 3.66. The molecule has 2 aromatic carbocycles. The summed E-state index contributed by atoms with van der Waals surface area (Å²) in [5.74, 6) is -0.888. The molecule has 2 aromatic rings. The molecule has 9 heteroatoms. The van der Waals surface area contributed by atoms with E-state index in [-0.39, 0.29) is 28.2 Å². The molecule has 0 aromatic heterocycles. The molecular weight excluding hydrogens is 390 g/mol. The van der Waals surface area contributed by atoms with Crippen LogP contribution in [0.1, 0.15) is 34.6 Å². The van der Waals surface area contributed by atoms with Crippen molar-refractivity contribution in [2.75, 3.05) is 16.3 Å². The van der Waals surface area contributed by atoms with Crippen LogP contribution >= 0.6 is 11.6 Å². The van der Waals surface area contributed by atoms with Gasteiger partial charge in [-0.1, -0.05) is 23.7 Å². The zero-order valence-corrected chi connectivity index (χ0v) is 16.6. The predicted octanol–water partition coefficient (Wildman–Crippen LogP) is 3.10. The van der Waals surface area contributed by atoms with Crippen LogP contribution in [0.5, 0.6) is 0 Å². The van der Waals surface area contributed by atoms with Crippen molar-refractivity contribution in [1.29, 1.82) is 0 Å². The molecule has 0 aliphatic rings. The third kappa shape index (κ3) is 5.97. The first-order valence-corrected chi connectivity index (χ1v) is 10.3. The first kappa shape index (κ1) is 20.7. The monoisotopic (exact) mass is 409 g/mol. The summed E-state index contributed by atoms with van der Waals surface area (Å²) in [5, 5.41) is 5.56. The Labute approximate surface area is 163 Å². The molecule has 0 aliphatic carbocycles. The summed E-state index contributed by atoms with van der Waals surface area (Å²) in [5.41, 5.74) is 0.904. The van der Waals surface area contributed by atoms with E-state index < -0.39 is 15.9 Å². The maximum Gasteiger partial charge on any atom is 0.257 e. The molecule has 0 bridgehead atoms. The molecule has 2 amide bonds. The zero-order valence-electron chi connectivity index (χ0n) is 15.0. The predicted molar refractivity (Wildman–Crippen MR) is 107 cm³/mol. The van der Waals surface area contributed by atoms with Crippen LogP contribution in [0.2, 0.25) is 5.02 Å². The number of amides is 2. The van der Waals surface area contributed by atoms with Crippen molar-refractivity contribution in [3.63, 3.8) is 0 Å². The number of hydrogen-bond donors (Lipinski definition) is 3. The van der Waals surface area contributed by atoms with Crippen molar-refractivity contribution in [3.05, 3.63) is 58.6 Å². The van der Waals surface area contributed by atoms with Gasteiger partial charge in [0.15, 0.2) is 0 Å². The van der Waals surface area contributed by atoms with Gasteiger partial charge in [0, 0.05) is 11.7 Å². The third-order valence-electron chi connectivity index (χ3n) is 3.35. The minimum atomic E-state index is -3.50. The van der Waals surface area contributed by atoms with Crippen LogP contribution in [0, 0.1) is 0 Å². The lowest BCUT2D eigenvalue weighted by molar-refractivity contribution is 0.0944. The summed E-state index contributed by atoms with van der Waals surface area (Å²) in [7, 11) is -3.50. The lowest BCUT2D eigenvalue weighted by Crippen LogP contribution is -2.31. The molecule has 0 saturated heterocycles. The van der Waals surface area contributed by atoms with Gasteiger partial charge in [0.05, 0.1) is 28.1 Å². The van der Waals surface area contributed by atoms with Gasteiger partial charge in [-0.05, 0) is 44.2 Å². The van der Waals surface area contributed by atoms with Crippen LogP contribution in [0.3, 0.4) is 0 Å². The van der Waals surface area contributed by atoms with Gasteiger partial charge >= 0.3 is 0 Å². The van der Waals surface area contributed by atoms with Crippen LogP contribution in [-0.4, -0.2) is 32.5 Å². The van der Waals surface area contributed by atoms with E-state index in [4.69, 9.17) is 11.6 Å². The van der Waals surface area contributed by atoms with E-state index in [1.165, 1.54) is 18.2 Å². The normalized spacial score (nSPS) is 11.1. The minimum Gasteiger partial charge on any atom is -0.350 e. The molecule has 0 fully saturated rings. The molecule has 0 saturated carbocycles. The maximum absolute atomic E-state index is 12.6. The van der Waals surface area contributed by atoms with Crippen LogP contribution in [0.15, 0.2) is 42.5 Å². The van der Waals surface area contributed by atoms with E-state index in [0.717, 1.165) is 6.26 Å². The first-order chi connectivity index (χ1) is 12.6. The Morgan fingerprint density at radius 3 is 2.30 bits per heavy atom. The summed E-state index contributed by atoms with van der Waals surface area (Å²) in [6, 6.07) is 10.7. The van der Waals surface area contributed by atoms with E-state index in [1.54, 1.807) is 24.3 Å². The second-order valence-corrected chi connectivity index (χ2v) is 8.35. The van der Waals surface area contributed by atoms with E-state index in [1.807, 2.05) is 13.8 Å². The second kappa shape index (κ2) is 8.41. The van der Waals surface area contributed by atoms with Gasteiger partial charge in [-0.2, -0.15) is 0 Å². The van der Waals surface area contributed by atoms with E-state index in [9.17, 15) is 18.0 Å². The molecule has 0 radical (unpaired) electrons. The van der Waals surface area contributed by atoms with Crippen molar-refractivity contribution in [2.24, 2.45) is 0 Å². The van der Waals surface area contributed by atoms with Crippen molar-refractivity contribution < 1.29 is 18.0 Å². The minimum absolute atomic E-state index is 0.0607.